The van der Waals surface area contributed by atoms with Gasteiger partial charge in [-0.05, 0) is 47.4 Å². The van der Waals surface area contributed by atoms with E-state index in [0.717, 1.165) is 15.7 Å². The fourth-order valence-electron chi connectivity index (χ4n) is 2.61. The van der Waals surface area contributed by atoms with Gasteiger partial charge in [0.1, 0.15) is 0 Å². The molecule has 0 atom stereocenters. The molecule has 0 spiro atoms. The highest BCUT2D eigenvalue weighted by Crippen LogP contribution is 2.29. The molecule has 0 aromatic heterocycles. The highest BCUT2D eigenvalue weighted by Gasteiger charge is 2.17. The van der Waals surface area contributed by atoms with Crippen molar-refractivity contribution in [1.82, 2.24) is 0 Å². The Morgan fingerprint density at radius 2 is 1.69 bits per heavy atom. The monoisotopic (exact) mass is 386 g/mol. The quantitative estimate of drug-likeness (QED) is 0.640. The van der Waals surface area contributed by atoms with Gasteiger partial charge >= 0.3 is 0 Å². The van der Waals surface area contributed by atoms with Crippen LogP contribution in [-0.4, -0.2) is 20.6 Å². The first-order chi connectivity index (χ1) is 12.4. The molecule has 134 valence electrons. The Morgan fingerprint density at radius 1 is 0.962 bits per heavy atom. The van der Waals surface area contributed by atoms with Crippen LogP contribution < -0.4 is 10.0 Å². The molecule has 3 aromatic carbocycles. The van der Waals surface area contributed by atoms with Crippen LogP contribution in [0.5, 0.6) is 0 Å². The molecule has 2 N–H and O–H groups in total. The largest absolute Gasteiger partial charge is 0.325 e. The molecule has 0 aliphatic rings. The van der Waals surface area contributed by atoms with Crippen molar-refractivity contribution in [2.24, 2.45) is 0 Å². The van der Waals surface area contributed by atoms with Crippen LogP contribution in [0.15, 0.2) is 70.5 Å². The molecule has 7 heteroatoms. The molecule has 1 amide bonds. The maximum absolute atomic E-state index is 12.7. The van der Waals surface area contributed by atoms with Crippen molar-refractivity contribution in [3.63, 3.8) is 0 Å². The molecule has 5 nitrogen and oxygen atoms in total. The van der Waals surface area contributed by atoms with E-state index in [-0.39, 0.29) is 10.8 Å². The predicted molar refractivity (Wildman–Crippen MR) is 107 cm³/mol. The molecule has 0 saturated carbocycles. The summed E-state index contributed by atoms with van der Waals surface area (Å²) in [6.07, 6.45) is 1.86. The predicted octanol–water partition coefficient (Wildman–Crippen LogP) is 4.32. The summed E-state index contributed by atoms with van der Waals surface area (Å²) in [7, 11) is -3.78. The van der Waals surface area contributed by atoms with Gasteiger partial charge in [0.25, 0.3) is 10.0 Å². The van der Waals surface area contributed by atoms with Crippen molar-refractivity contribution in [1.29, 1.82) is 0 Å². The first-order valence-corrected chi connectivity index (χ1v) is 10.6. The second kappa shape index (κ2) is 7.39. The molecule has 0 fully saturated rings. The number of amides is 1. The summed E-state index contributed by atoms with van der Waals surface area (Å²) in [5.41, 5.74) is 0.963. The minimum atomic E-state index is -3.78. The van der Waals surface area contributed by atoms with Crippen molar-refractivity contribution in [3.8, 4) is 0 Å². The van der Waals surface area contributed by atoms with Crippen molar-refractivity contribution in [2.45, 2.75) is 16.7 Å². The average Bonchev–Trinajstić information content (AvgIpc) is 2.60. The summed E-state index contributed by atoms with van der Waals surface area (Å²) >= 11 is 1.43. The number of nitrogens with one attached hydrogen (secondary N) is 2. The van der Waals surface area contributed by atoms with Crippen LogP contribution in [0.4, 0.5) is 11.4 Å². The normalized spacial score (nSPS) is 11.3. The van der Waals surface area contributed by atoms with Gasteiger partial charge in [0.15, 0.2) is 0 Å². The number of carbonyl (C=O) groups excluding carboxylic acids is 1. The summed E-state index contributed by atoms with van der Waals surface area (Å²) in [6.45, 7) is 1.39. The van der Waals surface area contributed by atoms with E-state index < -0.39 is 10.0 Å². The zero-order valence-electron chi connectivity index (χ0n) is 14.3. The van der Waals surface area contributed by atoms with E-state index in [9.17, 15) is 13.2 Å². The topological polar surface area (TPSA) is 75.3 Å². The number of sulfonamides is 1. The number of rotatable bonds is 5. The number of anilines is 2. The second-order valence-electron chi connectivity index (χ2n) is 5.71. The molecule has 0 heterocycles. The fourth-order valence-corrected chi connectivity index (χ4v) is 4.22. The summed E-state index contributed by atoms with van der Waals surface area (Å²) in [5, 5.41) is 4.66. The van der Waals surface area contributed by atoms with Crippen LogP contribution in [0, 0.1) is 0 Å². The fraction of sp³-hybridized carbons (Fsp3) is 0.105. The van der Waals surface area contributed by atoms with Crippen LogP contribution in [0.3, 0.4) is 0 Å². The zero-order valence-corrected chi connectivity index (χ0v) is 15.9. The third kappa shape index (κ3) is 4.00. The Balaban J connectivity index is 1.95. The van der Waals surface area contributed by atoms with Gasteiger partial charge in [0, 0.05) is 17.5 Å². The Labute approximate surface area is 156 Å². The minimum absolute atomic E-state index is 0.0900. The Bertz CT molecular complexity index is 1080. The van der Waals surface area contributed by atoms with Gasteiger partial charge in [-0.3, -0.25) is 9.52 Å². The van der Waals surface area contributed by atoms with Gasteiger partial charge in [-0.15, -0.1) is 11.8 Å². The highest BCUT2D eigenvalue weighted by atomic mass is 32.2. The molecule has 0 unspecified atom stereocenters. The van der Waals surface area contributed by atoms with Crippen LogP contribution in [-0.2, 0) is 14.8 Å². The lowest BCUT2D eigenvalue weighted by Crippen LogP contribution is -2.14. The van der Waals surface area contributed by atoms with Gasteiger partial charge < -0.3 is 5.32 Å². The van der Waals surface area contributed by atoms with Crippen LogP contribution >= 0.6 is 11.8 Å². The molecule has 0 aliphatic carbocycles. The highest BCUT2D eigenvalue weighted by molar-refractivity contribution is 7.98. The maximum Gasteiger partial charge on any atom is 0.261 e. The van der Waals surface area contributed by atoms with Crippen molar-refractivity contribution >= 4 is 49.8 Å². The number of thioether (sulfide) groups is 1. The summed E-state index contributed by atoms with van der Waals surface area (Å²) in [6, 6.07) is 17.8. The van der Waals surface area contributed by atoms with E-state index in [0.29, 0.717) is 11.4 Å². The van der Waals surface area contributed by atoms with E-state index in [1.54, 1.807) is 18.2 Å². The SMILES string of the molecule is CSc1ccc(S(=O)(=O)Nc2ccc3ccccc3c2)cc1NC(C)=O. The third-order valence-electron chi connectivity index (χ3n) is 3.79. The first kappa shape index (κ1) is 18.3. The van der Waals surface area contributed by atoms with Gasteiger partial charge in [0.05, 0.1) is 10.6 Å². The Kier molecular flexibility index (Phi) is 5.20. The Morgan fingerprint density at radius 3 is 2.38 bits per heavy atom. The average molecular weight is 386 g/mol. The van der Waals surface area contributed by atoms with Gasteiger partial charge in [-0.25, -0.2) is 8.42 Å². The van der Waals surface area contributed by atoms with Crippen LogP contribution in [0.1, 0.15) is 6.92 Å². The molecule has 3 rings (SSSR count). The third-order valence-corrected chi connectivity index (χ3v) is 5.97. The second-order valence-corrected chi connectivity index (χ2v) is 8.24. The van der Waals surface area contributed by atoms with Crippen molar-refractivity contribution in [3.05, 3.63) is 60.7 Å². The summed E-state index contributed by atoms with van der Waals surface area (Å²) in [5.74, 6) is -0.252. The van der Waals surface area contributed by atoms with Gasteiger partial charge in [-0.2, -0.15) is 0 Å². The van der Waals surface area contributed by atoms with Crippen molar-refractivity contribution < 1.29 is 13.2 Å². The van der Waals surface area contributed by atoms with E-state index in [1.165, 1.54) is 30.8 Å². The zero-order chi connectivity index (χ0) is 18.7. The maximum atomic E-state index is 12.7. The standard InChI is InChI=1S/C19H18N2O3S2/c1-13(22)20-18-12-17(9-10-19(18)25-2)26(23,24)21-16-8-7-14-5-3-4-6-15(14)11-16/h3-12,21H,1-2H3,(H,20,22). The molecule has 3 aromatic rings. The van der Waals surface area contributed by atoms with E-state index >= 15 is 0 Å². The molecule has 0 aliphatic heterocycles. The minimum Gasteiger partial charge on any atom is -0.325 e. The van der Waals surface area contributed by atoms with Gasteiger partial charge in [-0.1, -0.05) is 30.3 Å². The number of hydrogen-bond acceptors (Lipinski definition) is 4. The molecule has 26 heavy (non-hydrogen) atoms. The van der Waals surface area contributed by atoms with E-state index in [1.807, 2.05) is 36.6 Å². The lowest BCUT2D eigenvalue weighted by Gasteiger charge is -2.13. The van der Waals surface area contributed by atoms with E-state index in [4.69, 9.17) is 0 Å². The number of hydrogen-bond donors (Lipinski definition) is 2. The number of carbonyl (C=O) groups is 1. The lowest BCUT2D eigenvalue weighted by atomic mass is 10.1. The van der Waals surface area contributed by atoms with Crippen LogP contribution in [0.25, 0.3) is 10.8 Å². The van der Waals surface area contributed by atoms with E-state index in [2.05, 4.69) is 10.0 Å². The summed E-state index contributed by atoms with van der Waals surface area (Å²) < 4.78 is 28.1. The Hall–Kier alpha value is -2.51. The molecule has 0 saturated heterocycles. The molecular weight excluding hydrogens is 368 g/mol. The molecule has 0 radical (unpaired) electrons. The number of fused-ring (bicyclic) bond motifs is 1. The van der Waals surface area contributed by atoms with Gasteiger partial charge in [0.2, 0.25) is 5.91 Å². The lowest BCUT2D eigenvalue weighted by molar-refractivity contribution is -0.114. The van der Waals surface area contributed by atoms with Crippen molar-refractivity contribution in [2.75, 3.05) is 16.3 Å². The first-order valence-electron chi connectivity index (χ1n) is 7.86. The molecule has 0 bridgehead atoms. The number of benzene rings is 3. The smallest absolute Gasteiger partial charge is 0.261 e. The molecular formula is C19H18N2O3S2. The van der Waals surface area contributed by atoms with Crippen LogP contribution in [0.2, 0.25) is 0 Å². The summed E-state index contributed by atoms with van der Waals surface area (Å²) in [4.78, 5) is 12.3.